The van der Waals surface area contributed by atoms with Crippen LogP contribution in [0.15, 0.2) is 42.9 Å². The minimum atomic E-state index is -0.110. The number of benzene rings is 1. The number of H-pyrrole nitrogens is 1. The van der Waals surface area contributed by atoms with Crippen molar-refractivity contribution in [2.75, 3.05) is 5.32 Å². The molecule has 116 valence electrons. The Kier molecular flexibility index (Phi) is 3.08. The Morgan fingerprint density at radius 1 is 1.39 bits per heavy atom. The monoisotopic (exact) mass is 306 g/mol. The van der Waals surface area contributed by atoms with Crippen LogP contribution in [0.2, 0.25) is 0 Å². The number of para-hydroxylation sites is 1. The fourth-order valence-corrected chi connectivity index (χ4v) is 3.22. The van der Waals surface area contributed by atoms with E-state index in [-0.39, 0.29) is 5.91 Å². The van der Waals surface area contributed by atoms with Crippen molar-refractivity contribution in [1.29, 1.82) is 0 Å². The molecule has 5 heteroatoms. The highest BCUT2D eigenvalue weighted by atomic mass is 16.1. The topological polar surface area (TPSA) is 62.7 Å². The van der Waals surface area contributed by atoms with Crippen molar-refractivity contribution in [2.45, 2.75) is 26.3 Å². The number of aromatic amines is 1. The summed E-state index contributed by atoms with van der Waals surface area (Å²) in [5, 5.41) is 3.00. The summed E-state index contributed by atoms with van der Waals surface area (Å²) < 4.78 is 2.13. The lowest BCUT2D eigenvalue weighted by Gasteiger charge is -2.22. The molecule has 1 atom stereocenters. The second-order valence-electron chi connectivity index (χ2n) is 6.04. The van der Waals surface area contributed by atoms with Crippen molar-refractivity contribution in [3.05, 3.63) is 59.7 Å². The van der Waals surface area contributed by atoms with Crippen LogP contribution >= 0.6 is 0 Å². The van der Waals surface area contributed by atoms with Crippen molar-refractivity contribution in [3.63, 3.8) is 0 Å². The highest BCUT2D eigenvalue weighted by Crippen LogP contribution is 2.35. The molecule has 1 unspecified atom stereocenters. The molecule has 1 aliphatic heterocycles. The molecule has 0 bridgehead atoms. The van der Waals surface area contributed by atoms with Gasteiger partial charge >= 0.3 is 0 Å². The number of anilines is 1. The van der Waals surface area contributed by atoms with Crippen LogP contribution in [-0.4, -0.2) is 20.4 Å². The molecule has 1 amide bonds. The van der Waals surface area contributed by atoms with Gasteiger partial charge in [0.25, 0.3) is 5.91 Å². The summed E-state index contributed by atoms with van der Waals surface area (Å²) in [5.41, 5.74) is 4.51. The molecule has 23 heavy (non-hydrogen) atoms. The number of hydrogen-bond acceptors (Lipinski definition) is 2. The van der Waals surface area contributed by atoms with Crippen LogP contribution in [0.25, 0.3) is 11.4 Å². The maximum atomic E-state index is 12.7. The van der Waals surface area contributed by atoms with E-state index in [9.17, 15) is 4.79 Å². The number of nitrogens with zero attached hydrogens (tertiary/aromatic N) is 2. The molecule has 0 aliphatic carbocycles. The minimum Gasteiger partial charge on any atom is -0.364 e. The van der Waals surface area contributed by atoms with E-state index in [0.29, 0.717) is 11.6 Å². The van der Waals surface area contributed by atoms with E-state index in [1.165, 1.54) is 0 Å². The Morgan fingerprint density at radius 2 is 2.22 bits per heavy atom. The molecule has 1 aliphatic rings. The summed E-state index contributed by atoms with van der Waals surface area (Å²) >= 11 is 0. The molecule has 3 heterocycles. The summed E-state index contributed by atoms with van der Waals surface area (Å²) in [4.78, 5) is 20.5. The number of rotatable bonds is 2. The summed E-state index contributed by atoms with van der Waals surface area (Å²) in [6.07, 6.45) is 6.42. The van der Waals surface area contributed by atoms with Gasteiger partial charge in [0.15, 0.2) is 0 Å². The average Bonchev–Trinajstić information content (AvgIpc) is 3.15. The van der Waals surface area contributed by atoms with Gasteiger partial charge in [0.1, 0.15) is 5.82 Å². The van der Waals surface area contributed by atoms with Gasteiger partial charge in [-0.25, -0.2) is 4.98 Å². The quantitative estimate of drug-likeness (QED) is 0.760. The molecule has 0 saturated carbocycles. The SMILES string of the molecule is Cc1ccccc1NC(=O)c1c[nH]c2c1-c1nccn1C(C)C2. The second-order valence-corrected chi connectivity index (χ2v) is 6.04. The molecule has 2 N–H and O–H groups in total. The summed E-state index contributed by atoms with van der Waals surface area (Å²) in [6.45, 7) is 4.14. The van der Waals surface area contributed by atoms with E-state index in [4.69, 9.17) is 0 Å². The van der Waals surface area contributed by atoms with Gasteiger partial charge in [-0.15, -0.1) is 0 Å². The van der Waals surface area contributed by atoms with Crippen molar-refractivity contribution in [1.82, 2.24) is 14.5 Å². The van der Waals surface area contributed by atoms with Crippen LogP contribution in [0, 0.1) is 6.92 Å². The third-order valence-corrected chi connectivity index (χ3v) is 4.47. The number of carbonyl (C=O) groups is 1. The lowest BCUT2D eigenvalue weighted by molar-refractivity contribution is 0.102. The summed E-state index contributed by atoms with van der Waals surface area (Å²) in [5.74, 6) is 0.746. The maximum Gasteiger partial charge on any atom is 0.257 e. The van der Waals surface area contributed by atoms with E-state index in [1.54, 1.807) is 12.4 Å². The molecule has 2 aromatic heterocycles. The molecular formula is C18H18N4O. The van der Waals surface area contributed by atoms with Gasteiger partial charge in [-0.3, -0.25) is 4.79 Å². The van der Waals surface area contributed by atoms with Crippen LogP contribution in [0.4, 0.5) is 5.69 Å². The third kappa shape index (κ3) is 2.16. The van der Waals surface area contributed by atoms with Gasteiger partial charge in [-0.2, -0.15) is 0 Å². The van der Waals surface area contributed by atoms with Crippen molar-refractivity contribution in [3.8, 4) is 11.4 Å². The average molecular weight is 306 g/mol. The Morgan fingerprint density at radius 3 is 3.04 bits per heavy atom. The van der Waals surface area contributed by atoms with Crippen LogP contribution < -0.4 is 5.32 Å². The first kappa shape index (κ1) is 13.8. The highest BCUT2D eigenvalue weighted by Gasteiger charge is 2.28. The number of imidazole rings is 1. The first-order valence-electron chi connectivity index (χ1n) is 7.75. The van der Waals surface area contributed by atoms with Gasteiger partial charge in [-0.1, -0.05) is 18.2 Å². The fraction of sp³-hybridized carbons (Fsp3) is 0.222. The second kappa shape index (κ2) is 5.12. The number of amides is 1. The molecule has 3 aromatic rings. The maximum absolute atomic E-state index is 12.7. The van der Waals surface area contributed by atoms with Gasteiger partial charge in [0.2, 0.25) is 0 Å². The highest BCUT2D eigenvalue weighted by molar-refractivity contribution is 6.09. The van der Waals surface area contributed by atoms with Crippen LogP contribution in [-0.2, 0) is 6.42 Å². The van der Waals surface area contributed by atoms with E-state index in [2.05, 4.69) is 26.8 Å². The van der Waals surface area contributed by atoms with E-state index >= 15 is 0 Å². The molecule has 0 saturated heterocycles. The van der Waals surface area contributed by atoms with Gasteiger partial charge in [-0.05, 0) is 25.5 Å². The van der Waals surface area contributed by atoms with Crippen molar-refractivity contribution >= 4 is 11.6 Å². The Balaban J connectivity index is 1.73. The first-order chi connectivity index (χ1) is 11.1. The molecule has 5 nitrogen and oxygen atoms in total. The van der Waals surface area contributed by atoms with Crippen molar-refractivity contribution in [2.24, 2.45) is 0 Å². The Hall–Kier alpha value is -2.82. The van der Waals surface area contributed by atoms with Crippen LogP contribution in [0.1, 0.15) is 34.6 Å². The molecular weight excluding hydrogens is 288 g/mol. The van der Waals surface area contributed by atoms with Gasteiger partial charge in [0, 0.05) is 42.4 Å². The third-order valence-electron chi connectivity index (χ3n) is 4.47. The van der Waals surface area contributed by atoms with E-state index < -0.39 is 0 Å². The predicted octanol–water partition coefficient (Wildman–Crippen LogP) is 3.56. The normalized spacial score (nSPS) is 15.8. The van der Waals surface area contributed by atoms with Crippen LogP contribution in [0.5, 0.6) is 0 Å². The zero-order valence-corrected chi connectivity index (χ0v) is 13.1. The standard InChI is InChI=1S/C18H18N4O/c1-11-5-3-4-6-14(11)21-18(23)13-10-20-15-9-12(2)22-8-7-19-17(22)16(13)15/h3-8,10,12,20H,9H2,1-2H3,(H,21,23). The lowest BCUT2D eigenvalue weighted by atomic mass is 10.00. The predicted molar refractivity (Wildman–Crippen MR) is 89.6 cm³/mol. The van der Waals surface area contributed by atoms with Crippen molar-refractivity contribution < 1.29 is 4.79 Å². The largest absolute Gasteiger partial charge is 0.364 e. The molecule has 0 fully saturated rings. The summed E-state index contributed by atoms with van der Waals surface area (Å²) in [6, 6.07) is 8.11. The molecule has 0 spiro atoms. The number of carbonyl (C=O) groups excluding carboxylic acids is 1. The van der Waals surface area contributed by atoms with Gasteiger partial charge in [0.05, 0.1) is 11.1 Å². The molecule has 1 aromatic carbocycles. The lowest BCUT2D eigenvalue weighted by Crippen LogP contribution is -2.18. The fourth-order valence-electron chi connectivity index (χ4n) is 3.22. The number of fused-ring (bicyclic) bond motifs is 3. The zero-order chi connectivity index (χ0) is 16.0. The number of aryl methyl sites for hydroxylation is 1. The minimum absolute atomic E-state index is 0.110. The molecule has 0 radical (unpaired) electrons. The molecule has 4 rings (SSSR count). The first-order valence-corrected chi connectivity index (χ1v) is 7.75. The summed E-state index contributed by atoms with van der Waals surface area (Å²) in [7, 11) is 0. The number of hydrogen-bond donors (Lipinski definition) is 2. The smallest absolute Gasteiger partial charge is 0.257 e. The Labute approximate surface area is 134 Å². The zero-order valence-electron chi connectivity index (χ0n) is 13.1. The number of nitrogens with one attached hydrogen (secondary N) is 2. The van der Waals surface area contributed by atoms with Crippen LogP contribution in [0.3, 0.4) is 0 Å². The Bertz CT molecular complexity index is 890. The van der Waals surface area contributed by atoms with E-state index in [0.717, 1.165) is 34.8 Å². The number of aromatic nitrogens is 3. The van der Waals surface area contributed by atoms with E-state index in [1.807, 2.05) is 37.4 Å². The van der Waals surface area contributed by atoms with Gasteiger partial charge < -0.3 is 14.9 Å².